The molecule has 0 bridgehead atoms. The number of carbonyl (C=O) groups excluding carboxylic acids is 1. The fourth-order valence-corrected chi connectivity index (χ4v) is 4.65. The highest BCUT2D eigenvalue weighted by molar-refractivity contribution is 7.92. The van der Waals surface area contributed by atoms with Gasteiger partial charge in [0.05, 0.1) is 18.2 Å². The van der Waals surface area contributed by atoms with E-state index in [1.807, 2.05) is 6.07 Å². The van der Waals surface area contributed by atoms with Gasteiger partial charge in [0, 0.05) is 17.3 Å². The van der Waals surface area contributed by atoms with Crippen LogP contribution in [0.4, 0.5) is 5.13 Å². The van der Waals surface area contributed by atoms with E-state index in [0.29, 0.717) is 34.4 Å². The number of sulfonamides is 1. The van der Waals surface area contributed by atoms with E-state index in [1.54, 1.807) is 40.3 Å². The molecule has 0 unspecified atom stereocenters. The summed E-state index contributed by atoms with van der Waals surface area (Å²) in [5.41, 5.74) is 1.43. The van der Waals surface area contributed by atoms with Crippen LogP contribution < -0.4 is 10.0 Å². The minimum atomic E-state index is -3.80. The Hall–Kier alpha value is -2.93. The lowest BCUT2D eigenvalue weighted by atomic mass is 10.2. The second-order valence-corrected chi connectivity index (χ2v) is 9.59. The number of anilines is 1. The quantitative estimate of drug-likeness (QED) is 0.297. The van der Waals surface area contributed by atoms with E-state index in [-0.39, 0.29) is 0 Å². The largest absolute Gasteiger partial charge is 0.301 e. The molecule has 12 heteroatoms. The van der Waals surface area contributed by atoms with Crippen LogP contribution in [-0.4, -0.2) is 40.1 Å². The number of benzene rings is 1. The highest BCUT2D eigenvalue weighted by Gasteiger charge is 2.20. The Balaban J connectivity index is 1.59. The molecule has 9 nitrogen and oxygen atoms in total. The zero-order chi connectivity index (χ0) is 23.1. The maximum Gasteiger partial charge on any atom is 0.244 e. The monoisotopic (exact) mass is 490 g/mol. The Morgan fingerprint density at radius 1 is 1.38 bits per heavy atom. The fraction of sp³-hybridized carbons (Fsp3) is 0.200. The van der Waals surface area contributed by atoms with Crippen LogP contribution >= 0.6 is 23.6 Å². The molecule has 0 aliphatic heterocycles. The lowest BCUT2D eigenvalue weighted by Crippen LogP contribution is -2.40. The van der Waals surface area contributed by atoms with E-state index in [1.165, 1.54) is 24.3 Å². The fourth-order valence-electron chi connectivity index (χ4n) is 2.70. The summed E-state index contributed by atoms with van der Waals surface area (Å²) in [6.45, 7) is 5.69. The Bertz CT molecular complexity index is 1280. The number of nitrogens with zero attached hydrogens (tertiary/aromatic N) is 3. The van der Waals surface area contributed by atoms with Crippen molar-refractivity contribution in [2.24, 2.45) is 0 Å². The van der Waals surface area contributed by atoms with Crippen molar-refractivity contribution in [1.29, 1.82) is 0 Å². The highest BCUT2D eigenvalue weighted by atomic mass is 32.2. The summed E-state index contributed by atoms with van der Waals surface area (Å²) in [7, 11) is -3.80. The number of amides is 1. The molecular weight excluding hydrogens is 468 g/mol. The van der Waals surface area contributed by atoms with Gasteiger partial charge < -0.3 is 5.32 Å². The molecule has 0 saturated heterocycles. The van der Waals surface area contributed by atoms with Crippen molar-refractivity contribution in [3.05, 3.63) is 75.6 Å². The maximum absolute atomic E-state index is 12.4. The number of carbonyl (C=O) groups is 1. The smallest absolute Gasteiger partial charge is 0.244 e. The lowest BCUT2D eigenvalue weighted by molar-refractivity contribution is -0.117. The molecule has 2 aromatic heterocycles. The number of rotatable bonds is 10. The number of allylic oxidation sites excluding steroid dienone is 1. The molecule has 3 N–H and O–H groups in total. The Labute approximate surface area is 195 Å². The third kappa shape index (κ3) is 6.53. The van der Waals surface area contributed by atoms with Gasteiger partial charge in [0.2, 0.25) is 15.9 Å². The van der Waals surface area contributed by atoms with Crippen LogP contribution in [0.15, 0.2) is 53.8 Å². The summed E-state index contributed by atoms with van der Waals surface area (Å²) in [6.07, 6.45) is 3.60. The first-order chi connectivity index (χ1) is 15.3. The number of aromatic amines is 1. The van der Waals surface area contributed by atoms with Crippen molar-refractivity contribution in [3.8, 4) is 0 Å². The molecule has 0 fully saturated rings. The summed E-state index contributed by atoms with van der Waals surface area (Å²) in [6, 6.07) is 8.01. The SMILES string of the molecule is C=CCn1c(Cc2csc(NC(=O)[C@@H](C)NS(=O)(=O)/C=C/c3ccccc3)n2)n[nH]c1=S. The van der Waals surface area contributed by atoms with Gasteiger partial charge in [-0.2, -0.15) is 9.82 Å². The van der Waals surface area contributed by atoms with Gasteiger partial charge in [0.1, 0.15) is 5.82 Å². The van der Waals surface area contributed by atoms with Crippen molar-refractivity contribution in [2.45, 2.75) is 25.9 Å². The molecule has 0 saturated carbocycles. The summed E-state index contributed by atoms with van der Waals surface area (Å²) in [5, 5.41) is 12.8. The molecule has 3 aromatic rings. The standard InChI is InChI=1S/C20H22N6O3S3/c1-3-10-26-17(23-24-20(26)30)12-16-13-31-19(21-16)22-18(27)14(2)25-32(28,29)11-9-15-7-5-4-6-8-15/h3-9,11,13-14,25H,1,10,12H2,2H3,(H,24,30)(H,21,22,27)/b11-9+/t14-/m1/s1. The average molecular weight is 491 g/mol. The Kier molecular flexibility index (Phi) is 7.85. The summed E-state index contributed by atoms with van der Waals surface area (Å²) in [5.74, 6) is 0.182. The molecule has 3 rings (SSSR count). The van der Waals surface area contributed by atoms with Crippen molar-refractivity contribution in [2.75, 3.05) is 5.32 Å². The van der Waals surface area contributed by atoms with Gasteiger partial charge in [-0.05, 0) is 30.8 Å². The first-order valence-corrected chi connectivity index (χ1v) is 12.4. The van der Waals surface area contributed by atoms with E-state index in [0.717, 1.165) is 11.0 Å². The number of hydrogen-bond acceptors (Lipinski definition) is 7. The van der Waals surface area contributed by atoms with Crippen molar-refractivity contribution in [1.82, 2.24) is 24.5 Å². The van der Waals surface area contributed by atoms with E-state index >= 15 is 0 Å². The molecule has 0 radical (unpaired) electrons. The summed E-state index contributed by atoms with van der Waals surface area (Å²) >= 11 is 6.44. The third-order valence-electron chi connectivity index (χ3n) is 4.24. The van der Waals surface area contributed by atoms with Gasteiger partial charge in [-0.15, -0.1) is 17.9 Å². The number of thiazole rings is 1. The van der Waals surface area contributed by atoms with Gasteiger partial charge in [-0.1, -0.05) is 36.4 Å². The normalized spacial score (nSPS) is 12.7. The van der Waals surface area contributed by atoms with Crippen LogP contribution in [0.3, 0.4) is 0 Å². The number of aromatic nitrogens is 4. The van der Waals surface area contributed by atoms with Crippen LogP contribution in [0.5, 0.6) is 0 Å². The number of nitrogens with one attached hydrogen (secondary N) is 3. The number of hydrogen-bond donors (Lipinski definition) is 3. The van der Waals surface area contributed by atoms with Gasteiger partial charge in [-0.3, -0.25) is 14.5 Å². The van der Waals surface area contributed by atoms with E-state index in [4.69, 9.17) is 12.2 Å². The minimum absolute atomic E-state index is 0.361. The van der Waals surface area contributed by atoms with Crippen molar-refractivity contribution in [3.63, 3.8) is 0 Å². The topological polar surface area (TPSA) is 122 Å². The maximum atomic E-state index is 12.4. The van der Waals surface area contributed by atoms with Crippen LogP contribution in [-0.2, 0) is 27.8 Å². The molecule has 1 atom stereocenters. The number of H-pyrrole nitrogens is 1. The van der Waals surface area contributed by atoms with Crippen LogP contribution in [0.25, 0.3) is 6.08 Å². The van der Waals surface area contributed by atoms with E-state index in [9.17, 15) is 13.2 Å². The van der Waals surface area contributed by atoms with Crippen molar-refractivity contribution >= 4 is 50.7 Å². The Morgan fingerprint density at radius 3 is 2.84 bits per heavy atom. The second-order valence-electron chi connectivity index (χ2n) is 6.75. The molecule has 1 aromatic carbocycles. The minimum Gasteiger partial charge on any atom is -0.301 e. The van der Waals surface area contributed by atoms with E-state index in [2.05, 4.69) is 31.8 Å². The van der Waals surface area contributed by atoms with Gasteiger partial charge >= 0.3 is 0 Å². The van der Waals surface area contributed by atoms with Crippen LogP contribution in [0, 0.1) is 4.77 Å². The van der Waals surface area contributed by atoms with Gasteiger partial charge in [0.25, 0.3) is 0 Å². The summed E-state index contributed by atoms with van der Waals surface area (Å²) in [4.78, 5) is 16.8. The molecular formula is C20H22N6O3S3. The first-order valence-electron chi connectivity index (χ1n) is 9.53. The molecule has 1 amide bonds. The molecule has 0 spiro atoms. The molecule has 168 valence electrons. The second kappa shape index (κ2) is 10.6. The first kappa shape index (κ1) is 23.7. The predicted octanol–water partition coefficient (Wildman–Crippen LogP) is 3.09. The zero-order valence-electron chi connectivity index (χ0n) is 17.2. The molecule has 0 aliphatic rings. The molecule has 32 heavy (non-hydrogen) atoms. The molecule has 0 aliphatic carbocycles. The lowest BCUT2D eigenvalue weighted by Gasteiger charge is -2.11. The predicted molar refractivity (Wildman–Crippen MR) is 128 cm³/mol. The van der Waals surface area contributed by atoms with Gasteiger partial charge in [-0.25, -0.2) is 13.4 Å². The van der Waals surface area contributed by atoms with Crippen LogP contribution in [0.2, 0.25) is 0 Å². The summed E-state index contributed by atoms with van der Waals surface area (Å²) < 4.78 is 29.1. The zero-order valence-corrected chi connectivity index (χ0v) is 19.6. The third-order valence-corrected chi connectivity index (χ3v) is 6.54. The van der Waals surface area contributed by atoms with E-state index < -0.39 is 22.0 Å². The highest BCUT2D eigenvalue weighted by Crippen LogP contribution is 2.18. The van der Waals surface area contributed by atoms with Crippen molar-refractivity contribution < 1.29 is 13.2 Å². The Morgan fingerprint density at radius 2 is 2.12 bits per heavy atom. The average Bonchev–Trinajstić information content (AvgIpc) is 3.34. The molecule has 2 heterocycles. The van der Waals surface area contributed by atoms with Gasteiger partial charge in [0.15, 0.2) is 9.90 Å². The van der Waals surface area contributed by atoms with Crippen LogP contribution in [0.1, 0.15) is 24.0 Å².